The number of nitrogens with two attached hydrogens (primary N) is 1. The highest BCUT2D eigenvalue weighted by atomic mass is 32.2. The normalized spacial score (nSPS) is 10.6. The lowest BCUT2D eigenvalue weighted by Gasteiger charge is -2.09. The number of aryl methyl sites for hydroxylation is 1. The molecule has 2 heterocycles. The number of rotatable bonds is 9. The van der Waals surface area contributed by atoms with Gasteiger partial charge in [0.05, 0.1) is 23.3 Å². The molecule has 3 aromatic rings. The lowest BCUT2D eigenvalue weighted by atomic mass is 10.1. The molecule has 2 amide bonds. The number of primary amides is 1. The number of esters is 1. The van der Waals surface area contributed by atoms with Gasteiger partial charge < -0.3 is 15.8 Å². The molecule has 172 valence electrons. The fourth-order valence-corrected chi connectivity index (χ4v) is 5.00. The molecule has 0 bridgehead atoms. The third kappa shape index (κ3) is 5.15. The van der Waals surface area contributed by atoms with Crippen molar-refractivity contribution < 1.29 is 19.1 Å². The first-order chi connectivity index (χ1) is 15.8. The number of benzene rings is 1. The average Bonchev–Trinajstić information content (AvgIpc) is 3.33. The second kappa shape index (κ2) is 10.5. The molecule has 9 nitrogen and oxygen atoms in total. The zero-order valence-corrected chi connectivity index (χ0v) is 20.0. The van der Waals surface area contributed by atoms with Gasteiger partial charge in [-0.15, -0.1) is 28.1 Å². The number of methoxy groups -OCH3 is 1. The van der Waals surface area contributed by atoms with Gasteiger partial charge >= 0.3 is 5.97 Å². The summed E-state index contributed by atoms with van der Waals surface area (Å²) in [6, 6.07) is 7.83. The van der Waals surface area contributed by atoms with E-state index in [0.29, 0.717) is 23.1 Å². The number of aromatic nitrogens is 3. The van der Waals surface area contributed by atoms with E-state index in [1.54, 1.807) is 13.0 Å². The zero-order chi connectivity index (χ0) is 24.1. The van der Waals surface area contributed by atoms with Gasteiger partial charge in [-0.2, -0.15) is 0 Å². The molecule has 3 N–H and O–H groups in total. The number of nitrogens with one attached hydrogen (secondary N) is 1. The second-order valence-electron chi connectivity index (χ2n) is 6.97. The summed E-state index contributed by atoms with van der Waals surface area (Å²) in [6.07, 6.45) is 1.73. The number of hydrogen-bond acceptors (Lipinski definition) is 8. The van der Waals surface area contributed by atoms with Crippen molar-refractivity contribution in [3.05, 3.63) is 58.5 Å². The summed E-state index contributed by atoms with van der Waals surface area (Å²) in [4.78, 5) is 36.7. The van der Waals surface area contributed by atoms with E-state index in [2.05, 4.69) is 22.1 Å². The Labute approximate surface area is 199 Å². The summed E-state index contributed by atoms with van der Waals surface area (Å²) >= 11 is 2.14. The molecule has 2 aromatic heterocycles. The number of hydrogen-bond donors (Lipinski definition) is 2. The first kappa shape index (κ1) is 24.2. The van der Waals surface area contributed by atoms with E-state index < -0.39 is 11.9 Å². The van der Waals surface area contributed by atoms with E-state index in [0.717, 1.165) is 22.5 Å². The Hall–Kier alpha value is -3.44. The van der Waals surface area contributed by atoms with Gasteiger partial charge in [0.1, 0.15) is 5.00 Å². The number of nitrogens with zero attached hydrogens (tertiary/aromatic N) is 3. The van der Waals surface area contributed by atoms with E-state index in [1.807, 2.05) is 35.8 Å². The molecule has 0 aliphatic rings. The molecule has 0 spiro atoms. The van der Waals surface area contributed by atoms with Crippen LogP contribution in [0.15, 0.2) is 42.1 Å². The Bertz CT molecular complexity index is 1230. The van der Waals surface area contributed by atoms with Crippen molar-refractivity contribution in [3.8, 4) is 11.4 Å². The Morgan fingerprint density at radius 2 is 2.00 bits per heavy atom. The van der Waals surface area contributed by atoms with Gasteiger partial charge in [-0.1, -0.05) is 42.1 Å². The fourth-order valence-electron chi connectivity index (χ4n) is 3.19. The van der Waals surface area contributed by atoms with Crippen molar-refractivity contribution in [2.24, 2.45) is 5.73 Å². The maximum atomic E-state index is 12.7. The molecule has 11 heteroatoms. The van der Waals surface area contributed by atoms with Crippen LogP contribution in [0.4, 0.5) is 5.00 Å². The van der Waals surface area contributed by atoms with Gasteiger partial charge in [0.15, 0.2) is 11.0 Å². The molecular formula is C22H23N5O4S2. The van der Waals surface area contributed by atoms with Gasteiger partial charge in [-0.05, 0) is 25.0 Å². The van der Waals surface area contributed by atoms with E-state index in [1.165, 1.54) is 18.9 Å². The van der Waals surface area contributed by atoms with Crippen LogP contribution in [0.2, 0.25) is 0 Å². The third-order valence-electron chi connectivity index (χ3n) is 4.76. The Balaban J connectivity index is 1.80. The topological polar surface area (TPSA) is 129 Å². The van der Waals surface area contributed by atoms with Crippen LogP contribution < -0.4 is 11.1 Å². The van der Waals surface area contributed by atoms with Crippen LogP contribution >= 0.6 is 23.1 Å². The molecule has 0 saturated heterocycles. The van der Waals surface area contributed by atoms with E-state index in [9.17, 15) is 14.4 Å². The van der Waals surface area contributed by atoms with Gasteiger partial charge in [-0.25, -0.2) is 4.79 Å². The Morgan fingerprint density at radius 1 is 1.27 bits per heavy atom. The fraction of sp³-hybridized carbons (Fsp3) is 0.227. The second-order valence-corrected chi connectivity index (χ2v) is 8.94. The SMILES string of the molecule is C=CCn1c(SCC(=O)Nc2sc(C(N)=O)c(C)c2C(=O)OC)nnc1-c1ccccc1C. The summed E-state index contributed by atoms with van der Waals surface area (Å²) in [5.41, 5.74) is 7.87. The number of carbonyl (C=O) groups excluding carboxylic acids is 3. The number of ether oxygens (including phenoxy) is 1. The zero-order valence-electron chi connectivity index (χ0n) is 18.4. The highest BCUT2D eigenvalue weighted by Gasteiger charge is 2.25. The summed E-state index contributed by atoms with van der Waals surface area (Å²) < 4.78 is 6.67. The molecular weight excluding hydrogens is 462 g/mol. The van der Waals surface area contributed by atoms with Crippen molar-refractivity contribution >= 4 is 45.9 Å². The van der Waals surface area contributed by atoms with E-state index in [4.69, 9.17) is 10.5 Å². The van der Waals surface area contributed by atoms with E-state index in [-0.39, 0.29) is 27.1 Å². The molecule has 0 unspecified atom stereocenters. The average molecular weight is 486 g/mol. The number of thioether (sulfide) groups is 1. The minimum Gasteiger partial charge on any atom is -0.465 e. The number of thiophene rings is 1. The molecule has 0 radical (unpaired) electrons. The van der Waals surface area contributed by atoms with Gasteiger partial charge in [-0.3, -0.25) is 14.2 Å². The maximum absolute atomic E-state index is 12.7. The third-order valence-corrected chi connectivity index (χ3v) is 6.95. The lowest BCUT2D eigenvalue weighted by molar-refractivity contribution is -0.113. The van der Waals surface area contributed by atoms with E-state index >= 15 is 0 Å². The largest absolute Gasteiger partial charge is 0.465 e. The molecule has 0 aliphatic carbocycles. The molecule has 33 heavy (non-hydrogen) atoms. The van der Waals surface area contributed by atoms with Crippen LogP contribution in [0.3, 0.4) is 0 Å². The number of anilines is 1. The maximum Gasteiger partial charge on any atom is 0.341 e. The molecule has 0 fully saturated rings. The smallest absolute Gasteiger partial charge is 0.341 e. The van der Waals surface area contributed by atoms with Crippen LogP contribution in [0.5, 0.6) is 0 Å². The molecule has 1 aromatic carbocycles. The quantitative estimate of drug-likeness (QED) is 0.270. The van der Waals surface area contributed by atoms with Crippen LogP contribution in [-0.2, 0) is 16.1 Å². The Morgan fingerprint density at radius 3 is 2.64 bits per heavy atom. The highest BCUT2D eigenvalue weighted by Crippen LogP contribution is 2.34. The minimum atomic E-state index is -0.682. The standard InChI is InChI=1S/C22H23N5O4S2/c1-5-10-27-19(14-9-7-6-8-12(14)2)25-26-22(27)32-11-15(28)24-20-16(21(30)31-4)13(3)17(33-20)18(23)29/h5-9H,1,10-11H2,2-4H3,(H2,23,29)(H,24,28). The predicted octanol–water partition coefficient (Wildman–Crippen LogP) is 3.43. The van der Waals surface area contributed by atoms with Crippen molar-refractivity contribution in [2.45, 2.75) is 25.5 Å². The van der Waals surface area contributed by atoms with Crippen LogP contribution in [0.1, 0.15) is 31.2 Å². The monoisotopic (exact) mass is 485 g/mol. The number of allylic oxidation sites excluding steroid dienone is 1. The van der Waals surface area contributed by atoms with Crippen LogP contribution in [0, 0.1) is 13.8 Å². The summed E-state index contributed by atoms with van der Waals surface area (Å²) in [7, 11) is 1.23. The summed E-state index contributed by atoms with van der Waals surface area (Å²) in [5.74, 6) is -1.03. The Kier molecular flexibility index (Phi) is 7.67. The molecule has 0 saturated carbocycles. The first-order valence-electron chi connectivity index (χ1n) is 9.82. The summed E-state index contributed by atoms with van der Waals surface area (Å²) in [5, 5.41) is 12.0. The summed E-state index contributed by atoms with van der Waals surface area (Å²) in [6.45, 7) is 7.84. The van der Waals surface area contributed by atoms with Crippen molar-refractivity contribution in [1.82, 2.24) is 14.8 Å². The van der Waals surface area contributed by atoms with Crippen molar-refractivity contribution in [3.63, 3.8) is 0 Å². The molecule has 0 aliphatic heterocycles. The van der Waals surface area contributed by atoms with Crippen LogP contribution in [0.25, 0.3) is 11.4 Å². The lowest BCUT2D eigenvalue weighted by Crippen LogP contribution is -2.16. The van der Waals surface area contributed by atoms with Gasteiger partial charge in [0.2, 0.25) is 5.91 Å². The minimum absolute atomic E-state index is 0.00646. The first-order valence-corrected chi connectivity index (χ1v) is 11.6. The molecule has 3 rings (SSSR count). The molecule has 0 atom stereocenters. The predicted molar refractivity (Wildman–Crippen MR) is 129 cm³/mol. The van der Waals surface area contributed by atoms with Gasteiger partial charge in [0, 0.05) is 12.1 Å². The van der Waals surface area contributed by atoms with Crippen molar-refractivity contribution in [1.29, 1.82) is 0 Å². The van der Waals surface area contributed by atoms with Crippen LogP contribution in [-0.4, -0.2) is 45.4 Å². The van der Waals surface area contributed by atoms with Crippen molar-refractivity contribution in [2.75, 3.05) is 18.2 Å². The van der Waals surface area contributed by atoms with Gasteiger partial charge in [0.25, 0.3) is 5.91 Å². The number of carbonyl (C=O) groups is 3. The highest BCUT2D eigenvalue weighted by molar-refractivity contribution is 7.99. The number of amides is 2.